The quantitative estimate of drug-likeness (QED) is 0.569. The van der Waals surface area contributed by atoms with Crippen LogP contribution < -0.4 is 10.6 Å². The van der Waals surface area contributed by atoms with Gasteiger partial charge in [-0.2, -0.15) is 0 Å². The number of halogens is 1. The highest BCUT2D eigenvalue weighted by atomic mass is 19.1. The number of nitrogens with one attached hydrogen (secondary N) is 2. The highest BCUT2D eigenvalue weighted by Crippen LogP contribution is 2.16. The summed E-state index contributed by atoms with van der Waals surface area (Å²) in [4.78, 5) is 4.65. The fraction of sp³-hybridized carbons (Fsp3) is 0.474. The maximum Gasteiger partial charge on any atom is 0.191 e. The van der Waals surface area contributed by atoms with Crippen LogP contribution in [0.3, 0.4) is 0 Å². The predicted molar refractivity (Wildman–Crippen MR) is 98.2 cm³/mol. The zero-order valence-corrected chi connectivity index (χ0v) is 15.2. The fourth-order valence-electron chi connectivity index (χ4n) is 2.59. The van der Waals surface area contributed by atoms with Crippen LogP contribution >= 0.6 is 0 Å². The van der Waals surface area contributed by atoms with Gasteiger partial charge in [-0.25, -0.2) is 9.38 Å². The molecule has 0 radical (unpaired) electrons. The molecule has 0 saturated carbocycles. The second-order valence-corrected chi connectivity index (χ2v) is 5.74. The van der Waals surface area contributed by atoms with Crippen molar-refractivity contribution in [2.24, 2.45) is 4.99 Å². The first-order valence-electron chi connectivity index (χ1n) is 8.90. The number of nitrogens with zero attached hydrogens (tertiary/aromatic N) is 2. The van der Waals surface area contributed by atoms with E-state index in [4.69, 9.17) is 4.52 Å². The summed E-state index contributed by atoms with van der Waals surface area (Å²) in [5, 5.41) is 10.7. The van der Waals surface area contributed by atoms with Crippen LogP contribution in [0, 0.1) is 5.82 Å². The summed E-state index contributed by atoms with van der Waals surface area (Å²) in [5.74, 6) is 1.46. The van der Waals surface area contributed by atoms with Gasteiger partial charge in [-0.1, -0.05) is 31.1 Å². The second kappa shape index (κ2) is 9.81. The third kappa shape index (κ3) is 5.59. The smallest absolute Gasteiger partial charge is 0.191 e. The number of aromatic nitrogens is 1. The lowest BCUT2D eigenvalue weighted by Gasteiger charge is -2.11. The average molecular weight is 346 g/mol. The zero-order valence-electron chi connectivity index (χ0n) is 15.2. The predicted octanol–water partition coefficient (Wildman–Crippen LogP) is 3.24. The normalized spacial score (nSPS) is 11.6. The van der Waals surface area contributed by atoms with E-state index in [-0.39, 0.29) is 5.82 Å². The van der Waals surface area contributed by atoms with E-state index in [1.165, 1.54) is 12.1 Å². The lowest BCUT2D eigenvalue weighted by atomic mass is 10.1. The summed E-state index contributed by atoms with van der Waals surface area (Å²) in [6.45, 7) is 8.21. The van der Waals surface area contributed by atoms with Gasteiger partial charge in [-0.05, 0) is 37.5 Å². The number of aliphatic imine (C=N–C) groups is 1. The van der Waals surface area contributed by atoms with Crippen LogP contribution in [0.5, 0.6) is 0 Å². The van der Waals surface area contributed by atoms with Crippen LogP contribution in [0.4, 0.5) is 4.39 Å². The van der Waals surface area contributed by atoms with E-state index >= 15 is 0 Å². The first-order chi connectivity index (χ1) is 12.2. The third-order valence-electron chi connectivity index (χ3n) is 3.97. The summed E-state index contributed by atoms with van der Waals surface area (Å²) in [7, 11) is 0. The van der Waals surface area contributed by atoms with Gasteiger partial charge in [-0.3, -0.25) is 0 Å². The number of guanidine groups is 1. The van der Waals surface area contributed by atoms with Crippen LogP contribution in [0.1, 0.15) is 43.4 Å². The minimum Gasteiger partial charge on any atom is -0.361 e. The maximum atomic E-state index is 12.9. The Kier molecular flexibility index (Phi) is 7.44. The summed E-state index contributed by atoms with van der Waals surface area (Å²) < 4.78 is 18.3. The number of hydrogen-bond acceptors (Lipinski definition) is 3. The molecule has 0 unspecified atom stereocenters. The fourth-order valence-corrected chi connectivity index (χ4v) is 2.59. The Morgan fingerprint density at radius 2 is 1.88 bits per heavy atom. The second-order valence-electron chi connectivity index (χ2n) is 5.74. The lowest BCUT2D eigenvalue weighted by molar-refractivity contribution is 0.380. The van der Waals surface area contributed by atoms with Crippen molar-refractivity contribution in [3.8, 4) is 0 Å². The van der Waals surface area contributed by atoms with Crippen molar-refractivity contribution in [1.29, 1.82) is 0 Å². The molecule has 2 N–H and O–H groups in total. The van der Waals surface area contributed by atoms with Crippen molar-refractivity contribution in [3.63, 3.8) is 0 Å². The molecule has 0 bridgehead atoms. The summed E-state index contributed by atoms with van der Waals surface area (Å²) in [5.41, 5.74) is 3.15. The largest absolute Gasteiger partial charge is 0.361 e. The molecular weight excluding hydrogens is 319 g/mol. The van der Waals surface area contributed by atoms with Crippen LogP contribution in [-0.2, 0) is 25.8 Å². The Balaban J connectivity index is 1.96. The monoisotopic (exact) mass is 346 g/mol. The molecule has 0 fully saturated rings. The maximum absolute atomic E-state index is 12.9. The topological polar surface area (TPSA) is 62.5 Å². The molecule has 0 spiro atoms. The molecule has 136 valence electrons. The Morgan fingerprint density at radius 1 is 1.12 bits per heavy atom. The molecule has 25 heavy (non-hydrogen) atoms. The van der Waals surface area contributed by atoms with E-state index in [2.05, 4.69) is 34.6 Å². The van der Waals surface area contributed by atoms with Crippen molar-refractivity contribution < 1.29 is 8.91 Å². The van der Waals surface area contributed by atoms with Gasteiger partial charge >= 0.3 is 0 Å². The molecule has 2 aromatic rings. The van der Waals surface area contributed by atoms with Crippen molar-refractivity contribution in [1.82, 2.24) is 15.8 Å². The molecule has 1 heterocycles. The minimum absolute atomic E-state index is 0.209. The highest BCUT2D eigenvalue weighted by molar-refractivity contribution is 5.79. The van der Waals surface area contributed by atoms with E-state index in [1.807, 2.05) is 6.92 Å². The molecule has 1 aromatic heterocycles. The molecule has 2 rings (SSSR count). The molecule has 6 heteroatoms. The highest BCUT2D eigenvalue weighted by Gasteiger charge is 2.13. The van der Waals surface area contributed by atoms with E-state index in [9.17, 15) is 4.39 Å². The van der Waals surface area contributed by atoms with Crippen molar-refractivity contribution in [2.75, 3.05) is 13.1 Å². The average Bonchev–Trinajstić information content (AvgIpc) is 3.03. The molecule has 0 atom stereocenters. The molecule has 0 aliphatic heterocycles. The minimum atomic E-state index is -0.209. The van der Waals surface area contributed by atoms with Gasteiger partial charge in [0.15, 0.2) is 5.96 Å². The Bertz CT molecular complexity index is 658. The van der Waals surface area contributed by atoms with E-state index in [0.29, 0.717) is 6.54 Å². The van der Waals surface area contributed by atoms with Gasteiger partial charge in [0.05, 0.1) is 12.2 Å². The first-order valence-corrected chi connectivity index (χ1v) is 8.90. The van der Waals surface area contributed by atoms with Crippen LogP contribution in [0.2, 0.25) is 0 Å². The summed E-state index contributed by atoms with van der Waals surface area (Å²) in [6, 6.07) is 6.58. The standard InChI is InChI=1S/C19H27FN4O/c1-4-17-16(18(5-2)25-24-17)13-23-19(21-6-3)22-12-11-14-7-9-15(20)10-8-14/h7-10H,4-6,11-13H2,1-3H3,(H2,21,22,23). The van der Waals surface area contributed by atoms with E-state index < -0.39 is 0 Å². The Morgan fingerprint density at radius 3 is 2.52 bits per heavy atom. The molecule has 0 amide bonds. The number of benzene rings is 1. The van der Waals surface area contributed by atoms with Gasteiger partial charge in [-0.15, -0.1) is 0 Å². The Hall–Kier alpha value is -2.37. The van der Waals surface area contributed by atoms with E-state index in [0.717, 1.165) is 60.9 Å². The number of rotatable bonds is 8. The molecule has 5 nitrogen and oxygen atoms in total. The van der Waals surface area contributed by atoms with Gasteiger partial charge in [0, 0.05) is 25.1 Å². The van der Waals surface area contributed by atoms with Crippen LogP contribution in [0.25, 0.3) is 0 Å². The van der Waals surface area contributed by atoms with Crippen molar-refractivity contribution in [3.05, 3.63) is 52.7 Å². The number of hydrogen-bond donors (Lipinski definition) is 2. The van der Waals surface area contributed by atoms with E-state index in [1.54, 1.807) is 12.1 Å². The molecular formula is C19H27FN4O. The van der Waals surface area contributed by atoms with Gasteiger partial charge in [0.2, 0.25) is 0 Å². The van der Waals surface area contributed by atoms with Crippen molar-refractivity contribution >= 4 is 5.96 Å². The third-order valence-corrected chi connectivity index (χ3v) is 3.97. The van der Waals surface area contributed by atoms with Crippen LogP contribution in [-0.4, -0.2) is 24.2 Å². The summed E-state index contributed by atoms with van der Waals surface area (Å²) >= 11 is 0. The SMILES string of the molecule is CCNC(=NCc1c(CC)noc1CC)NCCc1ccc(F)cc1. The Labute approximate surface area is 148 Å². The lowest BCUT2D eigenvalue weighted by Crippen LogP contribution is -2.38. The molecule has 0 saturated heterocycles. The zero-order chi connectivity index (χ0) is 18.1. The molecule has 1 aromatic carbocycles. The van der Waals surface area contributed by atoms with Crippen LogP contribution in [0.15, 0.2) is 33.8 Å². The molecule has 0 aliphatic carbocycles. The van der Waals surface area contributed by atoms with Gasteiger partial charge in [0.1, 0.15) is 11.6 Å². The van der Waals surface area contributed by atoms with Gasteiger partial charge in [0.25, 0.3) is 0 Å². The van der Waals surface area contributed by atoms with Crippen molar-refractivity contribution in [2.45, 2.75) is 46.6 Å². The van der Waals surface area contributed by atoms with Gasteiger partial charge < -0.3 is 15.2 Å². The molecule has 0 aliphatic rings. The number of aryl methyl sites for hydroxylation is 2. The first kappa shape index (κ1) is 19.0. The summed E-state index contributed by atoms with van der Waals surface area (Å²) in [6.07, 6.45) is 2.45.